The smallest absolute Gasteiger partial charge is 0.163 e. The van der Waals surface area contributed by atoms with Crippen molar-refractivity contribution in [1.29, 1.82) is 0 Å². The summed E-state index contributed by atoms with van der Waals surface area (Å²) in [5.41, 5.74) is 1.78. The first-order valence-electron chi connectivity index (χ1n) is 5.63. The molecule has 2 heteroatoms. The van der Waals surface area contributed by atoms with Crippen molar-refractivity contribution in [2.45, 2.75) is 33.6 Å². The number of aryl methyl sites for hydroxylation is 1. The van der Waals surface area contributed by atoms with E-state index in [1.54, 1.807) is 6.07 Å². The summed E-state index contributed by atoms with van der Waals surface area (Å²) >= 11 is 0. The lowest BCUT2D eigenvalue weighted by Gasteiger charge is -2.04. The van der Waals surface area contributed by atoms with Gasteiger partial charge in [0.1, 0.15) is 5.78 Å². The van der Waals surface area contributed by atoms with Gasteiger partial charge in [0.25, 0.3) is 0 Å². The molecule has 2 nitrogen and oxygen atoms in total. The van der Waals surface area contributed by atoms with Gasteiger partial charge < -0.3 is 0 Å². The van der Waals surface area contributed by atoms with Gasteiger partial charge in [0.15, 0.2) is 5.78 Å². The summed E-state index contributed by atoms with van der Waals surface area (Å²) in [6, 6.07) is 7.49. The zero-order valence-corrected chi connectivity index (χ0v) is 10.1. The maximum atomic E-state index is 11.8. The van der Waals surface area contributed by atoms with Crippen LogP contribution in [0.3, 0.4) is 0 Å². The number of carbonyl (C=O) groups is 2. The molecule has 16 heavy (non-hydrogen) atoms. The lowest BCUT2D eigenvalue weighted by molar-refractivity contribution is -0.121. The lowest BCUT2D eigenvalue weighted by atomic mass is 9.99. The molecule has 0 radical (unpaired) electrons. The number of rotatable bonds is 5. The fourth-order valence-corrected chi connectivity index (χ4v) is 1.49. The van der Waals surface area contributed by atoms with Crippen LogP contribution in [-0.2, 0) is 4.79 Å². The van der Waals surface area contributed by atoms with Gasteiger partial charge in [-0.05, 0) is 13.0 Å². The van der Waals surface area contributed by atoms with Crippen LogP contribution in [0.1, 0.15) is 42.6 Å². The van der Waals surface area contributed by atoms with Crippen molar-refractivity contribution in [2.24, 2.45) is 5.92 Å². The molecule has 0 fully saturated rings. The fraction of sp³-hybridized carbons (Fsp3) is 0.429. The predicted octanol–water partition coefficient (Wildman–Crippen LogP) is 3.18. The van der Waals surface area contributed by atoms with E-state index >= 15 is 0 Å². The van der Waals surface area contributed by atoms with E-state index in [9.17, 15) is 9.59 Å². The van der Waals surface area contributed by atoms with Crippen molar-refractivity contribution >= 4 is 11.6 Å². The van der Waals surface area contributed by atoms with Crippen LogP contribution < -0.4 is 0 Å². The number of Topliss-reactive ketones (excluding diaryl/α,β-unsaturated/α-hetero) is 2. The van der Waals surface area contributed by atoms with Crippen LogP contribution in [0.25, 0.3) is 0 Å². The summed E-state index contributed by atoms with van der Waals surface area (Å²) in [6.45, 7) is 5.68. The van der Waals surface area contributed by atoms with E-state index in [0.717, 1.165) is 5.56 Å². The fourth-order valence-electron chi connectivity index (χ4n) is 1.49. The minimum absolute atomic E-state index is 0.0188. The van der Waals surface area contributed by atoms with Gasteiger partial charge >= 0.3 is 0 Å². The maximum Gasteiger partial charge on any atom is 0.163 e. The molecule has 1 rings (SSSR count). The molecule has 0 aliphatic rings. The molecule has 0 saturated carbocycles. The average Bonchev–Trinajstić information content (AvgIpc) is 2.25. The first-order chi connectivity index (χ1) is 7.50. The van der Waals surface area contributed by atoms with Crippen LogP contribution in [0, 0.1) is 12.8 Å². The maximum absolute atomic E-state index is 11.8. The largest absolute Gasteiger partial charge is 0.299 e. The van der Waals surface area contributed by atoms with E-state index in [1.165, 1.54) is 0 Å². The van der Waals surface area contributed by atoms with Crippen molar-refractivity contribution in [3.05, 3.63) is 35.4 Å². The highest BCUT2D eigenvalue weighted by atomic mass is 16.1. The third-order valence-electron chi connectivity index (χ3n) is 2.58. The second kappa shape index (κ2) is 5.59. The standard InChI is InChI=1S/C14H18O2/c1-10(2)13(15)7-8-14(16)12-6-4-5-11(3)9-12/h4-6,9-10H,7-8H2,1-3H3. The Morgan fingerprint density at radius 1 is 1.19 bits per heavy atom. The van der Waals surface area contributed by atoms with Crippen LogP contribution in [0.15, 0.2) is 24.3 Å². The highest BCUT2D eigenvalue weighted by Crippen LogP contribution is 2.10. The molecule has 0 heterocycles. The quantitative estimate of drug-likeness (QED) is 0.711. The molecule has 86 valence electrons. The molecule has 0 aliphatic carbocycles. The molecule has 0 aliphatic heterocycles. The van der Waals surface area contributed by atoms with Gasteiger partial charge in [0.2, 0.25) is 0 Å². The van der Waals surface area contributed by atoms with Crippen molar-refractivity contribution < 1.29 is 9.59 Å². The molecule has 0 unspecified atom stereocenters. The van der Waals surface area contributed by atoms with E-state index in [-0.39, 0.29) is 17.5 Å². The van der Waals surface area contributed by atoms with Crippen molar-refractivity contribution in [2.75, 3.05) is 0 Å². The molecule has 0 atom stereocenters. The third-order valence-corrected chi connectivity index (χ3v) is 2.58. The Hall–Kier alpha value is -1.44. The molecular formula is C14H18O2. The molecule has 0 bridgehead atoms. The summed E-state index contributed by atoms with van der Waals surface area (Å²) in [4.78, 5) is 23.2. The van der Waals surface area contributed by atoms with E-state index in [1.807, 2.05) is 39.0 Å². The highest BCUT2D eigenvalue weighted by molar-refractivity contribution is 5.98. The van der Waals surface area contributed by atoms with E-state index < -0.39 is 0 Å². The van der Waals surface area contributed by atoms with Gasteiger partial charge in [-0.15, -0.1) is 0 Å². The van der Waals surface area contributed by atoms with Crippen LogP contribution in [0.4, 0.5) is 0 Å². The van der Waals surface area contributed by atoms with Crippen LogP contribution in [0.5, 0.6) is 0 Å². The second-order valence-electron chi connectivity index (χ2n) is 4.41. The Morgan fingerprint density at radius 3 is 2.44 bits per heavy atom. The van der Waals surface area contributed by atoms with Gasteiger partial charge in [-0.3, -0.25) is 9.59 Å². The first kappa shape index (κ1) is 12.6. The number of hydrogen-bond acceptors (Lipinski definition) is 2. The summed E-state index contributed by atoms with van der Waals surface area (Å²) < 4.78 is 0. The molecule has 0 amide bonds. The molecule has 0 saturated heterocycles. The predicted molar refractivity (Wildman–Crippen MR) is 64.6 cm³/mol. The van der Waals surface area contributed by atoms with Gasteiger partial charge in [-0.1, -0.05) is 37.6 Å². The first-order valence-corrected chi connectivity index (χ1v) is 5.63. The van der Waals surface area contributed by atoms with E-state index in [0.29, 0.717) is 18.4 Å². The Labute approximate surface area is 96.7 Å². The SMILES string of the molecule is Cc1cccc(C(=O)CCC(=O)C(C)C)c1. The molecule has 0 aromatic heterocycles. The zero-order valence-electron chi connectivity index (χ0n) is 10.1. The Bertz CT molecular complexity index is 391. The molecule has 0 N–H and O–H groups in total. The van der Waals surface area contributed by atoms with Crippen LogP contribution >= 0.6 is 0 Å². The lowest BCUT2D eigenvalue weighted by Crippen LogP contribution is -2.10. The Balaban J connectivity index is 2.57. The second-order valence-corrected chi connectivity index (χ2v) is 4.41. The van der Waals surface area contributed by atoms with Crippen molar-refractivity contribution in [3.63, 3.8) is 0 Å². The number of benzene rings is 1. The summed E-state index contributed by atoms with van der Waals surface area (Å²) in [5, 5.41) is 0. The normalized spacial score (nSPS) is 10.5. The van der Waals surface area contributed by atoms with Gasteiger partial charge in [0, 0.05) is 24.3 Å². The molecule has 1 aromatic rings. The Morgan fingerprint density at radius 2 is 1.88 bits per heavy atom. The number of ketones is 2. The van der Waals surface area contributed by atoms with Crippen molar-refractivity contribution in [1.82, 2.24) is 0 Å². The molecule has 0 spiro atoms. The van der Waals surface area contributed by atoms with Crippen molar-refractivity contribution in [3.8, 4) is 0 Å². The average molecular weight is 218 g/mol. The third kappa shape index (κ3) is 3.61. The van der Waals surface area contributed by atoms with E-state index in [2.05, 4.69) is 0 Å². The molecular weight excluding hydrogens is 200 g/mol. The van der Waals surface area contributed by atoms with Gasteiger partial charge in [-0.25, -0.2) is 0 Å². The number of carbonyl (C=O) groups excluding carboxylic acids is 2. The van der Waals surface area contributed by atoms with Crippen LogP contribution in [0.2, 0.25) is 0 Å². The summed E-state index contributed by atoms with van der Waals surface area (Å²) in [7, 11) is 0. The van der Waals surface area contributed by atoms with Crippen LogP contribution in [-0.4, -0.2) is 11.6 Å². The zero-order chi connectivity index (χ0) is 12.1. The minimum atomic E-state index is 0.0188. The monoisotopic (exact) mass is 218 g/mol. The minimum Gasteiger partial charge on any atom is -0.299 e. The van der Waals surface area contributed by atoms with E-state index in [4.69, 9.17) is 0 Å². The highest BCUT2D eigenvalue weighted by Gasteiger charge is 2.11. The Kier molecular flexibility index (Phi) is 4.41. The molecule has 1 aromatic carbocycles. The number of hydrogen-bond donors (Lipinski definition) is 0. The van der Waals surface area contributed by atoms with Gasteiger partial charge in [0.05, 0.1) is 0 Å². The topological polar surface area (TPSA) is 34.1 Å². The summed E-state index contributed by atoms with van der Waals surface area (Å²) in [6.07, 6.45) is 0.672. The van der Waals surface area contributed by atoms with Gasteiger partial charge in [-0.2, -0.15) is 0 Å². The summed E-state index contributed by atoms with van der Waals surface area (Å²) in [5.74, 6) is 0.226.